The van der Waals surface area contributed by atoms with Gasteiger partial charge in [-0.3, -0.25) is 10.1 Å². The van der Waals surface area contributed by atoms with Gasteiger partial charge in [0.1, 0.15) is 10.6 Å². The number of ether oxygens (including phenoxy) is 1. The third-order valence-corrected chi connectivity index (χ3v) is 3.49. The molecule has 0 aliphatic rings. The van der Waals surface area contributed by atoms with E-state index in [2.05, 4.69) is 15.9 Å². The van der Waals surface area contributed by atoms with Crippen LogP contribution in [0.15, 0.2) is 34.8 Å². The summed E-state index contributed by atoms with van der Waals surface area (Å²) in [7, 11) is 0. The van der Waals surface area contributed by atoms with Crippen LogP contribution in [0.2, 0.25) is 0 Å². The number of hydrogen-bond donors (Lipinski definition) is 1. The molecule has 0 aliphatic heterocycles. The molecule has 1 aromatic heterocycles. The molecule has 8 heteroatoms. The molecule has 2 rings (SSSR count). The molecule has 1 aromatic carbocycles. The molecule has 0 saturated carbocycles. The van der Waals surface area contributed by atoms with Gasteiger partial charge in [-0.05, 0) is 18.2 Å². The number of thiophene rings is 1. The molecule has 1 N–H and O–H groups in total. The number of carbonyl (C=O) groups is 1. The predicted octanol–water partition coefficient (Wildman–Crippen LogP) is 3.91. The van der Waals surface area contributed by atoms with Crippen LogP contribution >= 0.6 is 27.3 Å². The minimum atomic E-state index is -1.04. The number of carboxylic acid groups (broad SMARTS) is 1. The van der Waals surface area contributed by atoms with Crippen LogP contribution < -0.4 is 4.74 Å². The van der Waals surface area contributed by atoms with Gasteiger partial charge in [0.15, 0.2) is 5.06 Å². The van der Waals surface area contributed by atoms with E-state index >= 15 is 0 Å². The number of rotatable bonds is 4. The zero-order valence-electron chi connectivity index (χ0n) is 9.20. The second kappa shape index (κ2) is 5.37. The minimum Gasteiger partial charge on any atom is -0.477 e. The molecule has 0 saturated heterocycles. The Kier molecular flexibility index (Phi) is 3.82. The maximum atomic E-state index is 10.7. The molecule has 0 spiro atoms. The molecule has 19 heavy (non-hydrogen) atoms. The zero-order valence-corrected chi connectivity index (χ0v) is 11.6. The van der Waals surface area contributed by atoms with Crippen LogP contribution in [0, 0.1) is 10.1 Å². The first-order valence-electron chi connectivity index (χ1n) is 4.91. The highest BCUT2D eigenvalue weighted by atomic mass is 79.9. The monoisotopic (exact) mass is 343 g/mol. The van der Waals surface area contributed by atoms with Gasteiger partial charge in [0.2, 0.25) is 0 Å². The Morgan fingerprint density at radius 2 is 2.11 bits per heavy atom. The normalized spacial score (nSPS) is 10.2. The van der Waals surface area contributed by atoms with Crippen LogP contribution in [0.4, 0.5) is 5.69 Å². The number of aromatic carboxylic acids is 1. The number of hydrogen-bond acceptors (Lipinski definition) is 5. The van der Waals surface area contributed by atoms with Gasteiger partial charge < -0.3 is 9.84 Å². The summed E-state index contributed by atoms with van der Waals surface area (Å²) in [5.41, 5.74) is -0.112. The maximum absolute atomic E-state index is 10.7. The van der Waals surface area contributed by atoms with Gasteiger partial charge in [0, 0.05) is 10.5 Å². The molecular weight excluding hydrogens is 338 g/mol. The smallest absolute Gasteiger partial charge is 0.345 e. The van der Waals surface area contributed by atoms with Crippen molar-refractivity contribution < 1.29 is 19.6 Å². The molecule has 0 amide bonds. The van der Waals surface area contributed by atoms with E-state index in [1.54, 1.807) is 6.07 Å². The van der Waals surface area contributed by atoms with Crippen molar-refractivity contribution in [2.24, 2.45) is 0 Å². The Hall–Kier alpha value is -1.93. The molecule has 1 heterocycles. The van der Waals surface area contributed by atoms with Crippen LogP contribution in [0.5, 0.6) is 10.8 Å². The summed E-state index contributed by atoms with van der Waals surface area (Å²) >= 11 is 4.10. The lowest BCUT2D eigenvalue weighted by Crippen LogP contribution is -1.90. The molecule has 2 aromatic rings. The minimum absolute atomic E-state index is 0.112. The molecule has 0 aliphatic carbocycles. The fourth-order valence-corrected chi connectivity index (χ4v) is 2.49. The van der Waals surface area contributed by atoms with Gasteiger partial charge >= 0.3 is 5.97 Å². The van der Waals surface area contributed by atoms with E-state index in [0.717, 1.165) is 11.3 Å². The average Bonchev–Trinajstić information content (AvgIpc) is 2.76. The number of halogens is 1. The lowest BCUT2D eigenvalue weighted by atomic mass is 10.3. The molecule has 0 radical (unpaired) electrons. The Morgan fingerprint density at radius 3 is 2.68 bits per heavy atom. The summed E-state index contributed by atoms with van der Waals surface area (Å²) in [5.74, 6) is -0.778. The van der Waals surface area contributed by atoms with Crippen molar-refractivity contribution in [3.63, 3.8) is 0 Å². The van der Waals surface area contributed by atoms with Gasteiger partial charge in [0.25, 0.3) is 5.69 Å². The first kappa shape index (κ1) is 13.5. The van der Waals surface area contributed by atoms with Crippen molar-refractivity contribution in [1.29, 1.82) is 0 Å². The maximum Gasteiger partial charge on any atom is 0.345 e. The van der Waals surface area contributed by atoms with Gasteiger partial charge in [-0.2, -0.15) is 0 Å². The Balaban J connectivity index is 2.27. The molecule has 98 valence electrons. The summed E-state index contributed by atoms with van der Waals surface area (Å²) in [6, 6.07) is 7.09. The van der Waals surface area contributed by atoms with Crippen molar-refractivity contribution in [1.82, 2.24) is 0 Å². The van der Waals surface area contributed by atoms with Crippen LogP contribution in [0.3, 0.4) is 0 Å². The first-order chi connectivity index (χ1) is 8.95. The van der Waals surface area contributed by atoms with Crippen LogP contribution in [-0.4, -0.2) is 16.0 Å². The molecule has 0 unspecified atom stereocenters. The Labute approximate surface area is 119 Å². The molecule has 6 nitrogen and oxygen atoms in total. The highest BCUT2D eigenvalue weighted by Gasteiger charge is 2.12. The highest BCUT2D eigenvalue weighted by molar-refractivity contribution is 9.10. The summed E-state index contributed by atoms with van der Waals surface area (Å²) < 4.78 is 5.91. The van der Waals surface area contributed by atoms with Crippen LogP contribution in [0.25, 0.3) is 0 Å². The lowest BCUT2D eigenvalue weighted by Gasteiger charge is -2.03. The van der Waals surface area contributed by atoms with Crippen molar-refractivity contribution >= 4 is 38.9 Å². The summed E-state index contributed by atoms with van der Waals surface area (Å²) in [6.45, 7) is 0. The number of non-ortho nitro benzene ring substituents is 1. The standard InChI is InChI=1S/C11H6BrNO5S/c12-6-3-7(13(16)17)5-8(4-6)18-10-2-1-9(19-10)11(14)15/h1-5H,(H,14,15). The van der Waals surface area contributed by atoms with E-state index < -0.39 is 10.9 Å². The van der Waals surface area contributed by atoms with Crippen molar-refractivity contribution in [3.05, 3.63) is 49.8 Å². The van der Waals surface area contributed by atoms with Crippen LogP contribution in [-0.2, 0) is 0 Å². The van der Waals surface area contributed by atoms with E-state index in [4.69, 9.17) is 9.84 Å². The van der Waals surface area contributed by atoms with E-state index in [0.29, 0.717) is 9.54 Å². The summed E-state index contributed by atoms with van der Waals surface area (Å²) in [4.78, 5) is 21.0. The number of nitrogens with zero attached hydrogens (tertiary/aromatic N) is 1. The van der Waals surface area contributed by atoms with Gasteiger partial charge in [-0.1, -0.05) is 27.3 Å². The Bertz CT molecular complexity index is 654. The van der Waals surface area contributed by atoms with Gasteiger partial charge in [-0.25, -0.2) is 4.79 Å². The Morgan fingerprint density at radius 1 is 1.37 bits per heavy atom. The van der Waals surface area contributed by atoms with E-state index in [1.807, 2.05) is 0 Å². The topological polar surface area (TPSA) is 89.7 Å². The van der Waals surface area contributed by atoms with E-state index in [1.165, 1.54) is 24.3 Å². The average molecular weight is 344 g/mol. The number of nitro groups is 1. The third kappa shape index (κ3) is 3.30. The second-order valence-corrected chi connectivity index (χ2v) is 5.39. The summed E-state index contributed by atoms with van der Waals surface area (Å²) in [5, 5.41) is 19.8. The number of nitro benzene ring substituents is 1. The lowest BCUT2D eigenvalue weighted by molar-refractivity contribution is -0.385. The molecule has 0 atom stereocenters. The van der Waals surface area contributed by atoms with Crippen LogP contribution in [0.1, 0.15) is 9.67 Å². The van der Waals surface area contributed by atoms with Gasteiger partial charge in [0.05, 0.1) is 11.0 Å². The van der Waals surface area contributed by atoms with E-state index in [-0.39, 0.29) is 16.3 Å². The van der Waals surface area contributed by atoms with Crippen molar-refractivity contribution in [3.8, 4) is 10.8 Å². The quantitative estimate of drug-likeness (QED) is 0.671. The first-order valence-corrected chi connectivity index (χ1v) is 6.52. The second-order valence-electron chi connectivity index (χ2n) is 3.43. The zero-order chi connectivity index (χ0) is 14.0. The molecule has 0 fully saturated rings. The third-order valence-electron chi connectivity index (χ3n) is 2.08. The largest absolute Gasteiger partial charge is 0.477 e. The van der Waals surface area contributed by atoms with Crippen molar-refractivity contribution in [2.45, 2.75) is 0 Å². The molecular formula is C11H6BrNO5S. The van der Waals surface area contributed by atoms with Gasteiger partial charge in [-0.15, -0.1) is 0 Å². The SMILES string of the molecule is O=C(O)c1ccc(Oc2cc(Br)cc([N+](=O)[O-])c2)s1. The summed E-state index contributed by atoms with van der Waals surface area (Å²) in [6.07, 6.45) is 0. The predicted molar refractivity (Wildman–Crippen MR) is 72.1 cm³/mol. The highest BCUT2D eigenvalue weighted by Crippen LogP contribution is 2.33. The van der Waals surface area contributed by atoms with Crippen molar-refractivity contribution in [2.75, 3.05) is 0 Å². The fourth-order valence-electron chi connectivity index (χ4n) is 1.32. The number of carboxylic acids is 1. The fraction of sp³-hybridized carbons (Fsp3) is 0. The molecule has 0 bridgehead atoms. The number of benzene rings is 1. The van der Waals surface area contributed by atoms with E-state index in [9.17, 15) is 14.9 Å².